The molecule has 0 radical (unpaired) electrons. The van der Waals surface area contributed by atoms with Gasteiger partial charge in [-0.3, -0.25) is 9.78 Å². The molecule has 0 aliphatic carbocycles. The van der Waals surface area contributed by atoms with Crippen molar-refractivity contribution in [1.29, 1.82) is 0 Å². The highest BCUT2D eigenvalue weighted by atomic mass is 19.4. The Morgan fingerprint density at radius 3 is 1.89 bits per heavy atom. The number of alkyl halides is 6. The van der Waals surface area contributed by atoms with E-state index in [0.717, 1.165) is 23.2 Å². The minimum Gasteiger partial charge on any atom is -0.490 e. The van der Waals surface area contributed by atoms with Gasteiger partial charge in [0.15, 0.2) is 11.5 Å². The van der Waals surface area contributed by atoms with Crippen LogP contribution in [0.4, 0.5) is 37.7 Å². The molecule has 3 aromatic rings. The van der Waals surface area contributed by atoms with Gasteiger partial charge in [0.2, 0.25) is 0 Å². The maximum atomic E-state index is 12.3. The lowest BCUT2D eigenvalue weighted by molar-refractivity contribution is -0.193. The molecule has 1 aromatic heterocycles. The number of carboxylic acid groups (broad SMARTS) is 2. The van der Waals surface area contributed by atoms with Crippen LogP contribution in [0.1, 0.15) is 42.3 Å². The molecular weight excluding hydrogens is 646 g/mol. The summed E-state index contributed by atoms with van der Waals surface area (Å²) in [5.41, 5.74) is 10.3. The first-order valence-electron chi connectivity index (χ1n) is 13.7. The molecule has 47 heavy (non-hydrogen) atoms. The lowest BCUT2D eigenvalue weighted by Crippen LogP contribution is -2.21. The van der Waals surface area contributed by atoms with Gasteiger partial charge in [0, 0.05) is 36.4 Å². The number of hydrogen-bond donors (Lipinski definition) is 6. The summed E-state index contributed by atoms with van der Waals surface area (Å²) in [6.07, 6.45) is -7.89. The number of nitrogens with one attached hydrogen (secondary N) is 2. The van der Waals surface area contributed by atoms with E-state index in [0.29, 0.717) is 60.0 Å². The van der Waals surface area contributed by atoms with Gasteiger partial charge in [0.1, 0.15) is 0 Å². The summed E-state index contributed by atoms with van der Waals surface area (Å²) in [5.74, 6) is -4.91. The van der Waals surface area contributed by atoms with E-state index < -0.39 is 30.2 Å². The molecule has 260 valence electrons. The summed E-state index contributed by atoms with van der Waals surface area (Å²) in [5, 5.41) is 30.7. The molecule has 0 bridgehead atoms. The second-order valence-electron chi connectivity index (χ2n) is 9.02. The molecule has 0 aliphatic rings. The highest BCUT2D eigenvalue weighted by molar-refractivity contribution is 6.08. The van der Waals surface area contributed by atoms with Gasteiger partial charge in [-0.25, -0.2) is 9.59 Å². The molecule has 2 aromatic carbocycles. The van der Waals surface area contributed by atoms with Crippen LogP contribution in [-0.2, 0) is 22.6 Å². The Labute approximate surface area is 264 Å². The molecule has 3 rings (SSSR count). The summed E-state index contributed by atoms with van der Waals surface area (Å²) in [4.78, 5) is 34.5. The number of nitrogens with two attached hydrogens (primary N) is 1. The molecule has 0 spiro atoms. The SMILES string of the molecule is CCOc1cc2ncc(C(N)=O)c(Nc3cccc(CNCCO)c3CC)c2cc1OCC.O=C(O)C(F)(F)F.O=C(O)C(F)(F)F. The zero-order valence-electron chi connectivity index (χ0n) is 25.4. The monoisotopic (exact) mass is 680 g/mol. The Balaban J connectivity index is 0.000000658. The van der Waals surface area contributed by atoms with Gasteiger partial charge in [0.05, 0.1) is 36.6 Å². The molecule has 0 saturated carbocycles. The predicted octanol–water partition coefficient (Wildman–Crippen LogP) is 4.79. The number of aromatic nitrogens is 1. The number of aliphatic hydroxyl groups excluding tert-OH is 1. The van der Waals surface area contributed by atoms with Crippen LogP contribution in [0.2, 0.25) is 0 Å². The average Bonchev–Trinajstić information content (AvgIpc) is 2.98. The van der Waals surface area contributed by atoms with E-state index >= 15 is 0 Å². The topological polar surface area (TPSA) is 193 Å². The number of carbonyl (C=O) groups excluding carboxylic acids is 1. The molecule has 7 N–H and O–H groups in total. The van der Waals surface area contributed by atoms with Crippen LogP contribution in [0.5, 0.6) is 11.5 Å². The van der Waals surface area contributed by atoms with Gasteiger partial charge >= 0.3 is 24.3 Å². The molecule has 0 saturated heterocycles. The quantitative estimate of drug-likeness (QED) is 0.114. The Morgan fingerprint density at radius 2 is 1.45 bits per heavy atom. The second-order valence-corrected chi connectivity index (χ2v) is 9.02. The molecule has 0 aliphatic heterocycles. The number of ether oxygens (including phenoxy) is 2. The number of aliphatic carboxylic acids is 2. The van der Waals surface area contributed by atoms with E-state index in [1.54, 1.807) is 0 Å². The van der Waals surface area contributed by atoms with Gasteiger partial charge in [-0.2, -0.15) is 26.3 Å². The smallest absolute Gasteiger partial charge is 0.490 e. The van der Waals surface area contributed by atoms with Gasteiger partial charge in [-0.15, -0.1) is 0 Å². The van der Waals surface area contributed by atoms with Crippen molar-refractivity contribution in [3.05, 3.63) is 53.2 Å². The Kier molecular flexibility index (Phi) is 15.7. The number of pyridine rings is 1. The van der Waals surface area contributed by atoms with Crippen molar-refractivity contribution in [2.24, 2.45) is 5.73 Å². The maximum absolute atomic E-state index is 12.3. The standard InChI is InChI=1S/C25H32N4O4.2C2HF3O2/c1-4-17-16(14-27-10-11-30)8-7-9-20(17)29-24-18-12-22(32-5-2)23(33-6-3)13-21(18)28-15-19(24)25(26)31;2*3-2(4,5)1(6)7/h7-9,12-13,15,27,30H,4-6,10-11,14H2,1-3H3,(H2,26,31)(H,28,29);2*(H,6,7). The number of halogens is 6. The van der Waals surface area contributed by atoms with Crippen LogP contribution in [0.15, 0.2) is 36.5 Å². The number of carboxylic acids is 2. The summed E-state index contributed by atoms with van der Waals surface area (Å²) in [6, 6.07) is 9.64. The normalized spacial score (nSPS) is 11.0. The minimum atomic E-state index is -5.08. The summed E-state index contributed by atoms with van der Waals surface area (Å²) >= 11 is 0. The third-order valence-electron chi connectivity index (χ3n) is 5.77. The fourth-order valence-electron chi connectivity index (χ4n) is 3.83. The number of carbonyl (C=O) groups is 3. The van der Waals surface area contributed by atoms with E-state index in [1.807, 2.05) is 38.1 Å². The Hall–Kier alpha value is -4.84. The zero-order valence-corrected chi connectivity index (χ0v) is 25.4. The number of hydrogen-bond acceptors (Lipinski definition) is 9. The number of nitrogens with zero attached hydrogens (tertiary/aromatic N) is 1. The molecule has 18 heteroatoms. The van der Waals surface area contributed by atoms with E-state index in [4.69, 9.17) is 40.1 Å². The molecule has 0 atom stereocenters. The molecule has 12 nitrogen and oxygen atoms in total. The number of benzene rings is 2. The Morgan fingerprint density at radius 1 is 0.915 bits per heavy atom. The number of anilines is 2. The van der Waals surface area contributed by atoms with E-state index in [-0.39, 0.29) is 6.61 Å². The van der Waals surface area contributed by atoms with Gasteiger partial charge in [0.25, 0.3) is 5.91 Å². The Bertz CT molecular complexity index is 1490. The lowest BCUT2D eigenvalue weighted by Gasteiger charge is -2.19. The molecule has 1 heterocycles. The second kappa shape index (κ2) is 18.3. The van der Waals surface area contributed by atoms with Crippen molar-refractivity contribution in [2.45, 2.75) is 46.1 Å². The number of fused-ring (bicyclic) bond motifs is 1. The first-order valence-corrected chi connectivity index (χ1v) is 13.7. The van der Waals surface area contributed by atoms with Gasteiger partial charge in [-0.1, -0.05) is 19.1 Å². The van der Waals surface area contributed by atoms with Gasteiger partial charge in [-0.05, 0) is 43.5 Å². The van der Waals surface area contributed by atoms with Gasteiger partial charge < -0.3 is 41.2 Å². The van der Waals surface area contributed by atoms with Crippen molar-refractivity contribution >= 4 is 40.1 Å². The van der Waals surface area contributed by atoms with Crippen LogP contribution in [-0.4, -0.2) is 76.9 Å². The first-order chi connectivity index (χ1) is 21.9. The van der Waals surface area contributed by atoms with Crippen molar-refractivity contribution in [3.63, 3.8) is 0 Å². The van der Waals surface area contributed by atoms with Crippen LogP contribution in [0.25, 0.3) is 10.9 Å². The number of rotatable bonds is 12. The zero-order chi connectivity index (χ0) is 35.9. The number of aliphatic hydroxyl groups is 1. The molecule has 1 amide bonds. The summed E-state index contributed by atoms with van der Waals surface area (Å²) in [7, 11) is 0. The largest absolute Gasteiger partial charge is 0.490 e. The van der Waals surface area contributed by atoms with E-state index in [9.17, 15) is 31.1 Å². The fraction of sp³-hybridized carbons (Fsp3) is 0.379. The number of amides is 1. The predicted molar refractivity (Wildman–Crippen MR) is 158 cm³/mol. The molecular formula is C29H34F6N4O8. The molecule has 0 unspecified atom stereocenters. The fourth-order valence-corrected chi connectivity index (χ4v) is 3.83. The van der Waals surface area contributed by atoms with Crippen LogP contribution >= 0.6 is 0 Å². The highest BCUT2D eigenvalue weighted by Crippen LogP contribution is 2.38. The van der Waals surface area contributed by atoms with Crippen molar-refractivity contribution in [1.82, 2.24) is 10.3 Å². The highest BCUT2D eigenvalue weighted by Gasteiger charge is 2.38. The number of primary amides is 1. The van der Waals surface area contributed by atoms with Crippen molar-refractivity contribution in [2.75, 3.05) is 31.7 Å². The third-order valence-corrected chi connectivity index (χ3v) is 5.77. The summed E-state index contributed by atoms with van der Waals surface area (Å²) < 4.78 is 75.0. The van der Waals surface area contributed by atoms with Crippen LogP contribution < -0.4 is 25.8 Å². The molecule has 0 fully saturated rings. The third kappa shape index (κ3) is 12.5. The lowest BCUT2D eigenvalue weighted by atomic mass is 10.0. The van der Waals surface area contributed by atoms with Crippen molar-refractivity contribution in [3.8, 4) is 11.5 Å². The first kappa shape index (κ1) is 40.2. The van der Waals surface area contributed by atoms with E-state index in [1.165, 1.54) is 6.20 Å². The van der Waals surface area contributed by atoms with Crippen LogP contribution in [0.3, 0.4) is 0 Å². The van der Waals surface area contributed by atoms with Crippen LogP contribution in [0, 0.1) is 0 Å². The summed E-state index contributed by atoms with van der Waals surface area (Å²) in [6.45, 7) is 8.09. The van der Waals surface area contributed by atoms with Crippen molar-refractivity contribution < 1.29 is 65.5 Å². The minimum absolute atomic E-state index is 0.0796. The maximum Gasteiger partial charge on any atom is 0.490 e. The van der Waals surface area contributed by atoms with E-state index in [2.05, 4.69) is 28.6 Å². The average molecular weight is 681 g/mol.